The zero-order chi connectivity index (χ0) is 17.5. The van der Waals surface area contributed by atoms with Gasteiger partial charge in [0.2, 0.25) is 5.91 Å². The summed E-state index contributed by atoms with van der Waals surface area (Å²) >= 11 is 0. The molecule has 0 radical (unpaired) electrons. The molecule has 1 atom stereocenters. The van der Waals surface area contributed by atoms with Gasteiger partial charge in [-0.3, -0.25) is 9.78 Å². The molecule has 1 N–H and O–H groups in total. The minimum absolute atomic E-state index is 0.133. The maximum absolute atomic E-state index is 12.2. The maximum atomic E-state index is 12.2. The Kier molecular flexibility index (Phi) is 5.80. The smallest absolute Gasteiger partial charge is 0.248 e. The van der Waals surface area contributed by atoms with Crippen molar-refractivity contribution in [2.24, 2.45) is 0 Å². The lowest BCUT2D eigenvalue weighted by Crippen LogP contribution is -2.17. The molecule has 3 rings (SSSR count). The van der Waals surface area contributed by atoms with Crippen LogP contribution in [-0.4, -0.2) is 30.2 Å². The Morgan fingerprint density at radius 3 is 3.08 bits per heavy atom. The zero-order valence-corrected chi connectivity index (χ0v) is 14.3. The average Bonchev–Trinajstić information content (AvgIpc) is 3.14. The highest BCUT2D eigenvalue weighted by atomic mass is 16.5. The van der Waals surface area contributed by atoms with E-state index in [0.717, 1.165) is 30.7 Å². The minimum Gasteiger partial charge on any atom is -0.489 e. The van der Waals surface area contributed by atoms with Crippen LogP contribution >= 0.6 is 0 Å². The fourth-order valence-corrected chi connectivity index (χ4v) is 2.62. The number of nitrogens with zero attached hydrogens (tertiary/aromatic N) is 1. The van der Waals surface area contributed by atoms with Crippen LogP contribution in [0.3, 0.4) is 0 Å². The van der Waals surface area contributed by atoms with Crippen LogP contribution in [0.15, 0.2) is 48.7 Å². The van der Waals surface area contributed by atoms with Crippen LogP contribution in [0.4, 0.5) is 5.69 Å². The first-order valence-electron chi connectivity index (χ1n) is 8.46. The summed E-state index contributed by atoms with van der Waals surface area (Å²) in [5.74, 6) is 0.437. The topological polar surface area (TPSA) is 60.5 Å². The molecule has 2 aromatic rings. The number of carbonyl (C=O) groups is 1. The normalized spacial score (nSPS) is 16.9. The molecule has 5 heteroatoms. The van der Waals surface area contributed by atoms with Crippen molar-refractivity contribution in [2.75, 3.05) is 18.5 Å². The molecule has 1 aromatic carbocycles. The maximum Gasteiger partial charge on any atom is 0.248 e. The van der Waals surface area contributed by atoms with Gasteiger partial charge in [-0.05, 0) is 55.7 Å². The number of carbonyl (C=O) groups excluding carboxylic acids is 1. The third-order valence-electron chi connectivity index (χ3n) is 3.94. The molecule has 1 amide bonds. The van der Waals surface area contributed by atoms with E-state index in [-0.39, 0.29) is 12.0 Å². The predicted octanol–water partition coefficient (Wildman–Crippen LogP) is 3.60. The molecule has 1 fully saturated rings. The first-order chi connectivity index (χ1) is 12.2. The predicted molar refractivity (Wildman–Crippen MR) is 97.5 cm³/mol. The summed E-state index contributed by atoms with van der Waals surface area (Å²) in [6.07, 6.45) is 7.05. The van der Waals surface area contributed by atoms with Crippen LogP contribution in [-0.2, 0) is 9.53 Å². The van der Waals surface area contributed by atoms with Crippen LogP contribution in [0.1, 0.15) is 24.1 Å². The summed E-state index contributed by atoms with van der Waals surface area (Å²) in [6, 6.07) is 11.3. The van der Waals surface area contributed by atoms with E-state index in [1.54, 1.807) is 12.3 Å². The summed E-state index contributed by atoms with van der Waals surface area (Å²) in [5.41, 5.74) is 2.46. The van der Waals surface area contributed by atoms with Crippen molar-refractivity contribution in [2.45, 2.75) is 25.9 Å². The summed E-state index contributed by atoms with van der Waals surface area (Å²) in [6.45, 7) is 3.28. The van der Waals surface area contributed by atoms with Crippen molar-refractivity contribution in [1.29, 1.82) is 0 Å². The van der Waals surface area contributed by atoms with Gasteiger partial charge in [-0.1, -0.05) is 12.1 Å². The monoisotopic (exact) mass is 338 g/mol. The van der Waals surface area contributed by atoms with E-state index in [4.69, 9.17) is 9.47 Å². The minimum atomic E-state index is -0.225. The first-order valence-corrected chi connectivity index (χ1v) is 8.46. The van der Waals surface area contributed by atoms with Gasteiger partial charge < -0.3 is 14.8 Å². The van der Waals surface area contributed by atoms with Gasteiger partial charge in [0.1, 0.15) is 12.4 Å². The second kappa shape index (κ2) is 8.44. The number of aromatic nitrogens is 1. The SMILES string of the molecule is Cc1ccc(NC(=O)/C=C/c2ccccn2)c(OCC2CCCO2)c1. The number of nitrogens with one attached hydrogen (secondary N) is 1. The van der Waals surface area contributed by atoms with Crippen molar-refractivity contribution in [3.63, 3.8) is 0 Å². The second-order valence-electron chi connectivity index (χ2n) is 6.02. The van der Waals surface area contributed by atoms with E-state index >= 15 is 0 Å². The third-order valence-corrected chi connectivity index (χ3v) is 3.94. The fraction of sp³-hybridized carbons (Fsp3) is 0.300. The van der Waals surface area contributed by atoms with E-state index in [1.807, 2.05) is 43.3 Å². The van der Waals surface area contributed by atoms with Gasteiger partial charge in [-0.15, -0.1) is 0 Å². The van der Waals surface area contributed by atoms with E-state index < -0.39 is 0 Å². The van der Waals surface area contributed by atoms with Crippen molar-refractivity contribution in [1.82, 2.24) is 4.98 Å². The second-order valence-corrected chi connectivity index (χ2v) is 6.02. The number of hydrogen-bond acceptors (Lipinski definition) is 4. The fourth-order valence-electron chi connectivity index (χ4n) is 2.62. The quantitative estimate of drug-likeness (QED) is 0.818. The van der Waals surface area contributed by atoms with Crippen molar-refractivity contribution in [3.8, 4) is 5.75 Å². The molecule has 0 spiro atoms. The van der Waals surface area contributed by atoms with Crippen LogP contribution in [0, 0.1) is 6.92 Å². The molecular formula is C20H22N2O3. The lowest BCUT2D eigenvalue weighted by atomic mass is 10.2. The van der Waals surface area contributed by atoms with E-state index in [9.17, 15) is 4.79 Å². The summed E-state index contributed by atoms with van der Waals surface area (Å²) in [5, 5.41) is 2.86. The molecule has 0 bridgehead atoms. The van der Waals surface area contributed by atoms with Crippen LogP contribution in [0.25, 0.3) is 6.08 Å². The molecule has 1 saturated heterocycles. The van der Waals surface area contributed by atoms with E-state index in [2.05, 4.69) is 10.3 Å². The lowest BCUT2D eigenvalue weighted by Gasteiger charge is -2.15. The van der Waals surface area contributed by atoms with Crippen LogP contribution < -0.4 is 10.1 Å². The molecule has 1 aliphatic rings. The molecule has 2 heterocycles. The van der Waals surface area contributed by atoms with Crippen molar-refractivity contribution >= 4 is 17.7 Å². The molecular weight excluding hydrogens is 316 g/mol. The standard InChI is InChI=1S/C20H22N2O3/c1-15-7-9-18(19(13-15)25-14-17-6-4-12-24-17)22-20(23)10-8-16-5-2-3-11-21-16/h2-3,5,7-11,13,17H,4,6,12,14H2,1H3,(H,22,23)/b10-8+. The highest BCUT2D eigenvalue weighted by molar-refractivity contribution is 6.02. The Morgan fingerprint density at radius 2 is 2.32 bits per heavy atom. The number of ether oxygens (including phenoxy) is 2. The van der Waals surface area contributed by atoms with Gasteiger partial charge in [0.25, 0.3) is 0 Å². The molecule has 0 saturated carbocycles. The Morgan fingerprint density at radius 1 is 1.40 bits per heavy atom. The van der Waals surface area contributed by atoms with Gasteiger partial charge in [0.15, 0.2) is 0 Å². The Hall–Kier alpha value is -2.66. The Balaban J connectivity index is 1.64. The van der Waals surface area contributed by atoms with Crippen LogP contribution in [0.2, 0.25) is 0 Å². The first kappa shape index (κ1) is 17.2. The van der Waals surface area contributed by atoms with Crippen molar-refractivity contribution < 1.29 is 14.3 Å². The molecule has 1 aliphatic heterocycles. The summed E-state index contributed by atoms with van der Waals surface area (Å²) < 4.78 is 11.5. The van der Waals surface area contributed by atoms with Gasteiger partial charge in [0, 0.05) is 18.9 Å². The molecule has 5 nitrogen and oxygen atoms in total. The largest absolute Gasteiger partial charge is 0.489 e. The zero-order valence-electron chi connectivity index (χ0n) is 14.3. The lowest BCUT2D eigenvalue weighted by molar-refractivity contribution is -0.111. The van der Waals surface area contributed by atoms with E-state index in [1.165, 1.54) is 6.08 Å². The number of rotatable bonds is 6. The number of amides is 1. The van der Waals surface area contributed by atoms with Gasteiger partial charge >= 0.3 is 0 Å². The van der Waals surface area contributed by atoms with E-state index in [0.29, 0.717) is 18.0 Å². The number of aryl methyl sites for hydroxylation is 1. The average molecular weight is 338 g/mol. The summed E-state index contributed by atoms with van der Waals surface area (Å²) in [4.78, 5) is 16.3. The molecule has 1 aromatic heterocycles. The van der Waals surface area contributed by atoms with Crippen LogP contribution in [0.5, 0.6) is 5.75 Å². The highest BCUT2D eigenvalue weighted by Gasteiger charge is 2.17. The Labute approximate surface area is 147 Å². The van der Waals surface area contributed by atoms with Gasteiger partial charge in [-0.2, -0.15) is 0 Å². The molecule has 130 valence electrons. The summed E-state index contributed by atoms with van der Waals surface area (Å²) in [7, 11) is 0. The molecule has 1 unspecified atom stereocenters. The molecule has 0 aliphatic carbocycles. The number of pyridine rings is 1. The highest BCUT2D eigenvalue weighted by Crippen LogP contribution is 2.27. The van der Waals surface area contributed by atoms with Gasteiger partial charge in [0.05, 0.1) is 17.5 Å². The number of anilines is 1. The van der Waals surface area contributed by atoms with Crippen molar-refractivity contribution in [3.05, 3.63) is 59.9 Å². The third kappa shape index (κ3) is 5.16. The number of benzene rings is 1. The number of hydrogen-bond donors (Lipinski definition) is 1. The van der Waals surface area contributed by atoms with Gasteiger partial charge in [-0.25, -0.2) is 0 Å². The Bertz CT molecular complexity index is 738. The molecule has 25 heavy (non-hydrogen) atoms.